The minimum absolute atomic E-state index is 0.0390. The molecule has 2 aliphatic heterocycles. The Bertz CT molecular complexity index is 1530. The first-order valence-corrected chi connectivity index (χ1v) is 13.3. The lowest BCUT2D eigenvalue weighted by molar-refractivity contribution is -0.118. The Morgan fingerprint density at radius 3 is 2.50 bits per heavy atom. The Balaban J connectivity index is 1.24. The van der Waals surface area contributed by atoms with Crippen molar-refractivity contribution in [1.82, 2.24) is 19.7 Å². The van der Waals surface area contributed by atoms with Gasteiger partial charge in [-0.05, 0) is 89.5 Å². The Morgan fingerprint density at radius 2 is 1.79 bits per heavy atom. The fourth-order valence-corrected chi connectivity index (χ4v) is 5.58. The maximum Gasteiger partial charge on any atom is 0.274 e. The molecule has 10 heteroatoms. The van der Waals surface area contributed by atoms with Crippen molar-refractivity contribution in [3.05, 3.63) is 93.5 Å². The van der Waals surface area contributed by atoms with Crippen LogP contribution in [0.15, 0.2) is 67.0 Å². The smallest absolute Gasteiger partial charge is 0.274 e. The number of anilines is 1. The van der Waals surface area contributed by atoms with Crippen molar-refractivity contribution in [3.63, 3.8) is 0 Å². The third kappa shape index (κ3) is 4.36. The van der Waals surface area contributed by atoms with Crippen molar-refractivity contribution in [1.29, 1.82) is 0 Å². The summed E-state index contributed by atoms with van der Waals surface area (Å²) in [5.41, 5.74) is 3.23. The highest BCUT2D eigenvalue weighted by molar-refractivity contribution is 14.1. The topological polar surface area (TPSA) is 71.3 Å². The van der Waals surface area contributed by atoms with Crippen molar-refractivity contribution >= 4 is 40.1 Å². The third-order valence-electron chi connectivity index (χ3n) is 7.08. The molecule has 0 spiro atoms. The molecule has 38 heavy (non-hydrogen) atoms. The molecule has 2 aromatic carbocycles. The van der Waals surface area contributed by atoms with E-state index in [9.17, 15) is 18.4 Å². The van der Waals surface area contributed by atoms with E-state index in [4.69, 9.17) is 0 Å². The summed E-state index contributed by atoms with van der Waals surface area (Å²) in [5.74, 6) is -2.42. The van der Waals surface area contributed by atoms with Crippen LogP contribution >= 0.6 is 22.6 Å². The molecule has 0 saturated carbocycles. The number of hydrogen-bond acceptors (Lipinski definition) is 4. The van der Waals surface area contributed by atoms with E-state index >= 15 is 0 Å². The summed E-state index contributed by atoms with van der Waals surface area (Å²) >= 11 is 2.24. The van der Waals surface area contributed by atoms with Gasteiger partial charge in [-0.2, -0.15) is 5.10 Å². The molecular formula is C28H22F2IN5O2. The van der Waals surface area contributed by atoms with Gasteiger partial charge in [-0.1, -0.05) is 6.07 Å². The van der Waals surface area contributed by atoms with Crippen molar-refractivity contribution in [2.75, 3.05) is 18.0 Å². The first kappa shape index (κ1) is 24.7. The summed E-state index contributed by atoms with van der Waals surface area (Å²) in [6, 6.07) is 15.6. The highest BCUT2D eigenvalue weighted by atomic mass is 127. The molecular weight excluding hydrogens is 603 g/mol. The molecule has 192 valence electrons. The molecule has 4 aromatic rings. The first-order chi connectivity index (χ1) is 18.4. The lowest BCUT2D eigenvalue weighted by Gasteiger charge is -2.36. The second-order valence-corrected chi connectivity index (χ2v) is 10.6. The molecule has 2 aliphatic rings. The average molecular weight is 625 g/mol. The zero-order chi connectivity index (χ0) is 26.4. The molecule has 4 heterocycles. The minimum Gasteiger partial charge on any atom is -0.337 e. The van der Waals surface area contributed by atoms with Crippen LogP contribution in [-0.4, -0.2) is 50.6 Å². The Hall–Kier alpha value is -3.67. The lowest BCUT2D eigenvalue weighted by atomic mass is 10.0. The normalized spacial score (nSPS) is 15.7. The number of piperidine rings is 1. The quantitative estimate of drug-likeness (QED) is 0.299. The molecule has 6 rings (SSSR count). The molecule has 1 fully saturated rings. The summed E-state index contributed by atoms with van der Waals surface area (Å²) in [6.07, 6.45) is 4.39. The van der Waals surface area contributed by atoms with Crippen LogP contribution in [0.1, 0.15) is 28.9 Å². The van der Waals surface area contributed by atoms with Crippen LogP contribution in [-0.2, 0) is 11.2 Å². The second-order valence-electron chi connectivity index (χ2n) is 9.38. The predicted octanol–water partition coefficient (Wildman–Crippen LogP) is 5.01. The highest BCUT2D eigenvalue weighted by Gasteiger charge is 2.38. The number of carbonyl (C=O) groups is 2. The molecule has 0 N–H and O–H groups in total. The summed E-state index contributed by atoms with van der Waals surface area (Å²) in [7, 11) is 0. The van der Waals surface area contributed by atoms with Crippen LogP contribution in [0.2, 0.25) is 0 Å². The number of aromatic nitrogens is 3. The molecule has 0 bridgehead atoms. The summed E-state index contributed by atoms with van der Waals surface area (Å²) in [5, 5.41) is 4.66. The van der Waals surface area contributed by atoms with Crippen LogP contribution in [0.25, 0.3) is 16.9 Å². The van der Waals surface area contributed by atoms with Crippen molar-refractivity contribution in [3.8, 4) is 16.9 Å². The van der Waals surface area contributed by atoms with Crippen molar-refractivity contribution in [2.45, 2.75) is 25.3 Å². The van der Waals surface area contributed by atoms with Crippen molar-refractivity contribution < 1.29 is 18.4 Å². The Labute approximate surface area is 231 Å². The number of halogens is 3. The summed E-state index contributed by atoms with van der Waals surface area (Å²) in [4.78, 5) is 33.5. The molecule has 0 atom stereocenters. The molecule has 0 unspecified atom stereocenters. The molecule has 7 nitrogen and oxygen atoms in total. The third-order valence-corrected chi connectivity index (χ3v) is 7.80. The highest BCUT2D eigenvalue weighted by Crippen LogP contribution is 2.37. The van der Waals surface area contributed by atoms with E-state index in [1.807, 2.05) is 36.4 Å². The van der Waals surface area contributed by atoms with Crippen LogP contribution in [0.5, 0.6) is 0 Å². The zero-order valence-electron chi connectivity index (χ0n) is 20.2. The molecule has 0 radical (unpaired) electrons. The van der Waals surface area contributed by atoms with E-state index in [1.165, 1.54) is 11.0 Å². The van der Waals surface area contributed by atoms with Gasteiger partial charge in [0.1, 0.15) is 0 Å². The fourth-order valence-electron chi connectivity index (χ4n) is 5.22. The number of benzene rings is 2. The number of amides is 2. The fraction of sp³-hybridized carbons (Fsp3) is 0.214. The van der Waals surface area contributed by atoms with E-state index < -0.39 is 11.6 Å². The van der Waals surface area contributed by atoms with Gasteiger partial charge in [0.15, 0.2) is 17.3 Å². The predicted molar refractivity (Wildman–Crippen MR) is 146 cm³/mol. The number of nitrogens with zero attached hydrogens (tertiary/aromatic N) is 5. The largest absolute Gasteiger partial charge is 0.337 e. The van der Waals surface area contributed by atoms with Crippen LogP contribution in [0.3, 0.4) is 0 Å². The van der Waals surface area contributed by atoms with Gasteiger partial charge in [0, 0.05) is 40.7 Å². The standard InChI is InChI=1S/C28H22F2IN5O2/c29-22-8-3-17-14-25(37)35(27(17)26(22)30)20-9-12-34(13-10-20)28(38)23-15-24(18-2-1-11-32-16-18)36(33-23)21-6-4-19(31)5-7-21/h1-8,11,15-16,20H,9-10,12-14H2. The maximum atomic E-state index is 14.6. The zero-order valence-corrected chi connectivity index (χ0v) is 22.3. The van der Waals surface area contributed by atoms with Crippen LogP contribution < -0.4 is 4.90 Å². The average Bonchev–Trinajstić information content (AvgIpc) is 3.53. The van der Waals surface area contributed by atoms with Gasteiger partial charge < -0.3 is 9.80 Å². The van der Waals surface area contributed by atoms with E-state index in [0.717, 1.165) is 26.6 Å². The molecule has 0 aliphatic carbocycles. The van der Waals surface area contributed by atoms with Gasteiger partial charge in [-0.15, -0.1) is 0 Å². The first-order valence-electron chi connectivity index (χ1n) is 12.3. The van der Waals surface area contributed by atoms with Crippen molar-refractivity contribution in [2.24, 2.45) is 0 Å². The Morgan fingerprint density at radius 1 is 1.03 bits per heavy atom. The van der Waals surface area contributed by atoms with Gasteiger partial charge in [-0.3, -0.25) is 14.6 Å². The van der Waals surface area contributed by atoms with Gasteiger partial charge in [0.25, 0.3) is 5.91 Å². The number of carbonyl (C=O) groups excluding carboxylic acids is 2. The number of fused-ring (bicyclic) bond motifs is 1. The number of likely N-dealkylation sites (tertiary alicyclic amines) is 1. The van der Waals surface area contributed by atoms with Gasteiger partial charge in [-0.25, -0.2) is 13.5 Å². The van der Waals surface area contributed by atoms with E-state index in [-0.39, 0.29) is 30.0 Å². The van der Waals surface area contributed by atoms with E-state index in [2.05, 4.69) is 32.7 Å². The lowest BCUT2D eigenvalue weighted by Crippen LogP contribution is -2.48. The second kappa shape index (κ2) is 9.90. The monoisotopic (exact) mass is 625 g/mol. The summed E-state index contributed by atoms with van der Waals surface area (Å²) in [6.45, 7) is 0.746. The van der Waals surface area contributed by atoms with Gasteiger partial charge in [0.05, 0.1) is 23.5 Å². The van der Waals surface area contributed by atoms with Crippen LogP contribution in [0.4, 0.5) is 14.5 Å². The number of rotatable bonds is 4. The Kier molecular flexibility index (Phi) is 6.42. The maximum absolute atomic E-state index is 14.6. The van der Waals surface area contributed by atoms with Gasteiger partial charge >= 0.3 is 0 Å². The van der Waals surface area contributed by atoms with Crippen LogP contribution in [0, 0.1) is 15.2 Å². The number of pyridine rings is 1. The molecule has 2 aromatic heterocycles. The minimum atomic E-state index is -0.990. The van der Waals surface area contributed by atoms with Gasteiger partial charge in [0.2, 0.25) is 5.91 Å². The SMILES string of the molecule is O=C(c1cc(-c2cccnc2)n(-c2ccc(I)cc2)n1)N1CCC(N2C(=O)Cc3ccc(F)c(F)c32)CC1. The molecule has 2 amide bonds. The number of hydrogen-bond donors (Lipinski definition) is 0. The van der Waals surface area contributed by atoms with E-state index in [1.54, 1.807) is 28.0 Å². The van der Waals surface area contributed by atoms with E-state index in [0.29, 0.717) is 37.2 Å². The summed E-state index contributed by atoms with van der Waals surface area (Å²) < 4.78 is 31.3. The molecule has 1 saturated heterocycles.